The highest BCUT2D eigenvalue weighted by atomic mass is 16.4. The van der Waals surface area contributed by atoms with Gasteiger partial charge in [-0.3, -0.25) is 9.59 Å². The summed E-state index contributed by atoms with van der Waals surface area (Å²) in [7, 11) is 1.82. The predicted molar refractivity (Wildman–Crippen MR) is 88.3 cm³/mol. The number of likely N-dealkylation sites (tertiary alicyclic amines) is 1. The Labute approximate surface area is 140 Å². The van der Waals surface area contributed by atoms with Gasteiger partial charge in [-0.2, -0.15) is 0 Å². The number of carbonyl (C=O) groups excluding carboxylic acids is 1. The molecule has 1 aromatic heterocycles. The van der Waals surface area contributed by atoms with Crippen molar-refractivity contribution in [2.24, 2.45) is 13.0 Å². The van der Waals surface area contributed by atoms with Crippen molar-refractivity contribution in [3.8, 4) is 0 Å². The first-order valence-corrected chi connectivity index (χ1v) is 8.03. The highest BCUT2D eigenvalue weighted by Gasteiger charge is 2.46. The average Bonchev–Trinajstić information content (AvgIpc) is 3.10. The molecule has 24 heavy (non-hydrogen) atoms. The molecule has 126 valence electrons. The molecular weight excluding hydrogens is 306 g/mol. The molecule has 1 aromatic carbocycles. The number of hydrogen-bond acceptors (Lipinski definition) is 3. The van der Waals surface area contributed by atoms with Crippen LogP contribution in [-0.4, -0.2) is 38.0 Å². The van der Waals surface area contributed by atoms with Crippen LogP contribution < -0.4 is 0 Å². The lowest BCUT2D eigenvalue weighted by atomic mass is 9.99. The molecule has 1 aliphatic heterocycles. The lowest BCUT2D eigenvalue weighted by molar-refractivity contribution is -0.142. The van der Waals surface area contributed by atoms with Gasteiger partial charge in [0.15, 0.2) is 0 Å². The molecule has 6 nitrogen and oxygen atoms in total. The smallest absolute Gasteiger partial charge is 0.309 e. The molecule has 1 N–H and O–H groups in total. The lowest BCUT2D eigenvalue weighted by Crippen LogP contribution is -2.34. The Morgan fingerprint density at radius 2 is 2.12 bits per heavy atom. The molecule has 1 amide bonds. The van der Waals surface area contributed by atoms with Crippen LogP contribution >= 0.6 is 0 Å². The van der Waals surface area contributed by atoms with E-state index in [0.717, 1.165) is 0 Å². The molecule has 1 saturated heterocycles. The number of carboxylic acid groups (broad SMARTS) is 1. The molecule has 0 spiro atoms. The summed E-state index contributed by atoms with van der Waals surface area (Å²) in [5.41, 5.74) is 2.34. The number of nitrogens with zero attached hydrogens (tertiary/aromatic N) is 3. The molecule has 1 fully saturated rings. The van der Waals surface area contributed by atoms with Crippen LogP contribution in [-0.2, 0) is 23.1 Å². The molecule has 2 atom stereocenters. The fraction of sp³-hybridized carbons (Fsp3) is 0.389. The zero-order valence-corrected chi connectivity index (χ0v) is 13.8. The van der Waals surface area contributed by atoms with Crippen molar-refractivity contribution in [1.82, 2.24) is 14.5 Å². The van der Waals surface area contributed by atoms with Crippen molar-refractivity contribution >= 4 is 11.9 Å². The van der Waals surface area contributed by atoms with Crippen LogP contribution in [0.4, 0.5) is 0 Å². The van der Waals surface area contributed by atoms with E-state index in [1.54, 1.807) is 21.9 Å². The molecule has 0 aliphatic carbocycles. The number of aliphatic carboxylic acids is 1. The van der Waals surface area contributed by atoms with Crippen LogP contribution in [0, 0.1) is 12.8 Å². The summed E-state index contributed by atoms with van der Waals surface area (Å²) >= 11 is 0. The minimum Gasteiger partial charge on any atom is -0.481 e. The van der Waals surface area contributed by atoms with E-state index in [2.05, 4.69) is 4.98 Å². The second-order valence-corrected chi connectivity index (χ2v) is 6.25. The normalized spacial score (nSPS) is 20.6. The summed E-state index contributed by atoms with van der Waals surface area (Å²) in [5, 5.41) is 9.52. The Morgan fingerprint density at radius 1 is 1.38 bits per heavy atom. The fourth-order valence-corrected chi connectivity index (χ4v) is 3.39. The number of amides is 1. The van der Waals surface area contributed by atoms with E-state index in [-0.39, 0.29) is 12.3 Å². The van der Waals surface area contributed by atoms with Gasteiger partial charge in [0.2, 0.25) is 5.91 Å². The second kappa shape index (κ2) is 6.47. The largest absolute Gasteiger partial charge is 0.481 e. The molecule has 0 bridgehead atoms. The van der Waals surface area contributed by atoms with Crippen molar-refractivity contribution in [1.29, 1.82) is 0 Å². The van der Waals surface area contributed by atoms with Crippen LogP contribution in [0.25, 0.3) is 0 Å². The van der Waals surface area contributed by atoms with E-state index < -0.39 is 17.9 Å². The van der Waals surface area contributed by atoms with E-state index >= 15 is 0 Å². The van der Waals surface area contributed by atoms with Crippen molar-refractivity contribution in [3.05, 3.63) is 53.6 Å². The van der Waals surface area contributed by atoms with Crippen LogP contribution in [0.1, 0.15) is 29.4 Å². The summed E-state index contributed by atoms with van der Waals surface area (Å²) in [5.74, 6) is -1.20. The highest BCUT2D eigenvalue weighted by molar-refractivity contribution is 5.87. The number of carboxylic acids is 1. The molecule has 6 heteroatoms. The molecule has 3 rings (SSSR count). The first-order valence-electron chi connectivity index (χ1n) is 8.03. The van der Waals surface area contributed by atoms with Crippen molar-refractivity contribution < 1.29 is 14.7 Å². The van der Waals surface area contributed by atoms with Gasteiger partial charge in [0.25, 0.3) is 0 Å². The van der Waals surface area contributed by atoms with E-state index in [0.29, 0.717) is 18.8 Å². The fourth-order valence-electron chi connectivity index (χ4n) is 3.39. The first kappa shape index (κ1) is 16.2. The Morgan fingerprint density at radius 3 is 2.75 bits per heavy atom. The molecule has 0 saturated carbocycles. The summed E-state index contributed by atoms with van der Waals surface area (Å²) in [6.07, 6.45) is 4.14. The van der Waals surface area contributed by atoms with Crippen molar-refractivity contribution in [2.75, 3.05) is 6.54 Å². The molecule has 0 radical (unpaired) electrons. The Hall–Kier alpha value is -2.63. The number of hydrogen-bond donors (Lipinski definition) is 1. The van der Waals surface area contributed by atoms with E-state index in [1.807, 2.05) is 38.2 Å². The number of rotatable bonds is 5. The summed E-state index contributed by atoms with van der Waals surface area (Å²) in [4.78, 5) is 30.0. The molecular formula is C18H21N3O3. The summed E-state index contributed by atoms with van der Waals surface area (Å²) in [6.45, 7) is 2.53. The maximum Gasteiger partial charge on any atom is 0.309 e. The van der Waals surface area contributed by atoms with Crippen LogP contribution in [0.3, 0.4) is 0 Å². The molecule has 2 heterocycles. The monoisotopic (exact) mass is 327 g/mol. The zero-order valence-electron chi connectivity index (χ0n) is 13.8. The average molecular weight is 327 g/mol. The first-order chi connectivity index (χ1) is 11.5. The van der Waals surface area contributed by atoms with Crippen LogP contribution in [0.2, 0.25) is 0 Å². The third kappa shape index (κ3) is 2.91. The van der Waals surface area contributed by atoms with E-state index in [4.69, 9.17) is 0 Å². The van der Waals surface area contributed by atoms with Gasteiger partial charge in [-0.1, -0.05) is 24.3 Å². The Balaban J connectivity index is 1.86. The number of aromatic nitrogens is 2. The van der Waals surface area contributed by atoms with Gasteiger partial charge >= 0.3 is 5.97 Å². The van der Waals surface area contributed by atoms with Crippen LogP contribution in [0.15, 0.2) is 36.7 Å². The van der Waals surface area contributed by atoms with Gasteiger partial charge in [0.1, 0.15) is 11.9 Å². The van der Waals surface area contributed by atoms with Gasteiger partial charge in [0.05, 0.1) is 5.92 Å². The van der Waals surface area contributed by atoms with Gasteiger partial charge in [-0.15, -0.1) is 0 Å². The van der Waals surface area contributed by atoms with Crippen molar-refractivity contribution in [2.45, 2.75) is 25.8 Å². The number of imidazole rings is 1. The second-order valence-electron chi connectivity index (χ2n) is 6.25. The topological polar surface area (TPSA) is 75.4 Å². The Kier molecular flexibility index (Phi) is 4.38. The van der Waals surface area contributed by atoms with Crippen molar-refractivity contribution in [3.63, 3.8) is 0 Å². The minimum absolute atomic E-state index is 0.0284. The lowest BCUT2D eigenvalue weighted by Gasteiger charge is -2.26. The zero-order chi connectivity index (χ0) is 17.3. The van der Waals surface area contributed by atoms with E-state index in [9.17, 15) is 14.7 Å². The third-order valence-electron chi connectivity index (χ3n) is 4.76. The minimum atomic E-state index is -0.949. The summed E-state index contributed by atoms with van der Waals surface area (Å²) in [6, 6.07) is 7.53. The number of carbonyl (C=O) groups is 2. The summed E-state index contributed by atoms with van der Waals surface area (Å²) < 4.78 is 1.79. The number of aryl methyl sites for hydroxylation is 2. The predicted octanol–water partition coefficient (Wildman–Crippen LogP) is 1.95. The quantitative estimate of drug-likeness (QED) is 0.911. The molecule has 1 aliphatic rings. The van der Waals surface area contributed by atoms with Gasteiger partial charge in [0, 0.05) is 32.4 Å². The SMILES string of the molecule is Cc1ccccc1CCN1C(=O)CC(C(=O)O)C1c1nccn1C. The van der Waals surface area contributed by atoms with Gasteiger partial charge in [-0.05, 0) is 24.5 Å². The molecule has 2 unspecified atom stereocenters. The Bertz CT molecular complexity index is 768. The van der Waals surface area contributed by atoms with Crippen LogP contribution in [0.5, 0.6) is 0 Å². The third-order valence-corrected chi connectivity index (χ3v) is 4.76. The maximum atomic E-state index is 12.4. The molecule has 2 aromatic rings. The van der Waals surface area contributed by atoms with E-state index in [1.165, 1.54) is 11.1 Å². The van der Waals surface area contributed by atoms with Gasteiger partial charge in [-0.25, -0.2) is 4.98 Å². The number of benzene rings is 1. The van der Waals surface area contributed by atoms with Gasteiger partial charge < -0.3 is 14.6 Å². The maximum absolute atomic E-state index is 12.4. The standard InChI is InChI=1S/C18H21N3O3/c1-12-5-3-4-6-13(12)7-9-21-15(22)11-14(18(23)24)16(21)17-19-8-10-20(17)2/h3-6,8,10,14,16H,7,9,11H2,1-2H3,(H,23,24). The highest BCUT2D eigenvalue weighted by Crippen LogP contribution is 2.37.